The van der Waals surface area contributed by atoms with Crippen LogP contribution in [0.2, 0.25) is 0 Å². The number of carbonyl (C=O) groups is 2. The molecule has 11 nitrogen and oxygen atoms in total. The molecule has 0 spiro atoms. The zero-order chi connectivity index (χ0) is 51.1. The predicted octanol–water partition coefficient (Wildman–Crippen LogP) is 12.7. The van der Waals surface area contributed by atoms with E-state index < -0.39 is 67.4 Å². The molecule has 1 rings (SSSR count). The highest BCUT2D eigenvalue weighted by atomic mass is 16.7. The third kappa shape index (κ3) is 35.5. The summed E-state index contributed by atoms with van der Waals surface area (Å²) in [6.07, 6.45) is 46.9. The van der Waals surface area contributed by atoms with Gasteiger partial charge in [0.25, 0.3) is 0 Å². The zero-order valence-corrected chi connectivity index (χ0v) is 44.6. The first kappa shape index (κ1) is 65.4. The molecule has 406 valence electrons. The fourth-order valence-electron chi connectivity index (χ4n) is 8.64. The van der Waals surface area contributed by atoms with Crippen LogP contribution >= 0.6 is 0 Å². The van der Waals surface area contributed by atoms with Crippen LogP contribution < -0.4 is 5.32 Å². The first-order valence-corrected chi connectivity index (χ1v) is 28.6. The van der Waals surface area contributed by atoms with Crippen molar-refractivity contribution in [1.82, 2.24) is 5.32 Å². The smallest absolute Gasteiger partial charge is 0.306 e. The minimum absolute atomic E-state index is 0.116. The highest BCUT2D eigenvalue weighted by Crippen LogP contribution is 2.26. The van der Waals surface area contributed by atoms with Crippen molar-refractivity contribution in [3.63, 3.8) is 0 Å². The molecule has 6 N–H and O–H groups in total. The fourth-order valence-corrected chi connectivity index (χ4v) is 8.64. The molecular formula is C59H105NO10. The number of aliphatic hydroxyl groups excluding tert-OH is 5. The summed E-state index contributed by atoms with van der Waals surface area (Å²) in [6, 6.07) is -1.03. The Bertz CT molecular complexity index is 1370. The molecule has 0 bridgehead atoms. The van der Waals surface area contributed by atoms with E-state index in [2.05, 4.69) is 62.5 Å². The Morgan fingerprint density at radius 3 is 1.59 bits per heavy atom. The summed E-state index contributed by atoms with van der Waals surface area (Å²) in [5.41, 5.74) is 0. The fraction of sp³-hybridized carbons (Fsp3) is 0.797. The van der Waals surface area contributed by atoms with E-state index >= 15 is 0 Å². The molecule has 0 aromatic heterocycles. The monoisotopic (exact) mass is 988 g/mol. The first-order chi connectivity index (χ1) is 34.2. The largest absolute Gasteiger partial charge is 0.454 e. The Morgan fingerprint density at radius 1 is 0.571 bits per heavy atom. The standard InChI is InChI=1S/C59H105NO10/c1-4-7-10-13-16-19-22-25-27-29-32-35-38-41-44-47-54(64)70-57-56(66)55(65)53(48-61)69-59(57)68-49-50(51(62)45-42-39-36-33-30-24-21-18-15-12-9-6-3)60-58(67)52(63)46-43-40-37-34-31-28-26-23-20-17-14-11-8-5-2/h8,11,14,17,19-20,22-23,42,45,50-53,55-57,59,61-63,65-66H,4-7,9-10,12-13,15-16,18,21,24-41,43-44,46-49H2,1-3H3,(H,60,67)/b11-8+,17-14+,22-19-,23-20+,45-42+. The maximum absolute atomic E-state index is 13.4. The third-order valence-electron chi connectivity index (χ3n) is 13.2. The second kappa shape index (κ2) is 47.4. The molecule has 1 aliphatic heterocycles. The minimum atomic E-state index is -1.62. The van der Waals surface area contributed by atoms with Crippen LogP contribution in [0.25, 0.3) is 0 Å². The maximum atomic E-state index is 13.4. The van der Waals surface area contributed by atoms with Gasteiger partial charge in [-0.15, -0.1) is 0 Å². The molecule has 1 saturated heterocycles. The van der Waals surface area contributed by atoms with Gasteiger partial charge in [0.15, 0.2) is 12.4 Å². The molecule has 8 unspecified atom stereocenters. The Kier molecular flexibility index (Phi) is 44.2. The number of amides is 1. The van der Waals surface area contributed by atoms with Crippen LogP contribution in [-0.4, -0.2) is 99.6 Å². The number of ether oxygens (including phenoxy) is 3. The van der Waals surface area contributed by atoms with Crippen molar-refractivity contribution < 1.29 is 49.3 Å². The lowest BCUT2D eigenvalue weighted by Gasteiger charge is -2.41. The summed E-state index contributed by atoms with van der Waals surface area (Å²) in [7, 11) is 0. The molecule has 0 aliphatic carbocycles. The van der Waals surface area contributed by atoms with Gasteiger partial charge < -0.3 is 45.1 Å². The van der Waals surface area contributed by atoms with E-state index in [0.29, 0.717) is 12.8 Å². The van der Waals surface area contributed by atoms with Crippen molar-refractivity contribution in [1.29, 1.82) is 0 Å². The number of carbonyl (C=O) groups excluding carboxylic acids is 2. The molecule has 0 aromatic rings. The van der Waals surface area contributed by atoms with Gasteiger partial charge in [0, 0.05) is 6.42 Å². The van der Waals surface area contributed by atoms with E-state index in [1.807, 2.05) is 18.2 Å². The summed E-state index contributed by atoms with van der Waals surface area (Å²) in [5.74, 6) is -1.21. The Hall–Kier alpha value is -2.64. The van der Waals surface area contributed by atoms with Crippen LogP contribution in [0.3, 0.4) is 0 Å². The van der Waals surface area contributed by atoms with Crippen molar-refractivity contribution in [2.75, 3.05) is 13.2 Å². The number of hydrogen-bond acceptors (Lipinski definition) is 10. The lowest BCUT2D eigenvalue weighted by molar-refractivity contribution is -0.305. The highest BCUT2D eigenvalue weighted by Gasteiger charge is 2.47. The molecule has 1 heterocycles. The summed E-state index contributed by atoms with van der Waals surface area (Å²) < 4.78 is 17.6. The van der Waals surface area contributed by atoms with Crippen LogP contribution in [0.5, 0.6) is 0 Å². The van der Waals surface area contributed by atoms with E-state index in [1.165, 1.54) is 96.3 Å². The van der Waals surface area contributed by atoms with Gasteiger partial charge in [-0.3, -0.25) is 9.59 Å². The van der Waals surface area contributed by atoms with E-state index in [-0.39, 0.29) is 19.4 Å². The van der Waals surface area contributed by atoms with Crippen LogP contribution in [-0.2, 0) is 23.8 Å². The van der Waals surface area contributed by atoms with Crippen LogP contribution in [0.1, 0.15) is 239 Å². The minimum Gasteiger partial charge on any atom is -0.454 e. The molecule has 1 aliphatic rings. The number of aliphatic hydroxyl groups is 5. The van der Waals surface area contributed by atoms with E-state index in [9.17, 15) is 35.1 Å². The number of allylic oxidation sites excluding steroid dienone is 9. The van der Waals surface area contributed by atoms with Crippen LogP contribution in [0, 0.1) is 0 Å². The van der Waals surface area contributed by atoms with Gasteiger partial charge in [-0.25, -0.2) is 0 Å². The SMILES string of the molecule is CC/C=C/C=C/C=C/CCCCCCCCC(O)C(=O)NC(COC1OC(CO)C(O)C(O)C1OC(=O)CCCCCCCCC/C=C\CCCCCC)C(O)/C=C/CCCCCCCCCCCC. The number of rotatable bonds is 47. The molecular weight excluding hydrogens is 883 g/mol. The van der Waals surface area contributed by atoms with Gasteiger partial charge in [0.2, 0.25) is 5.91 Å². The van der Waals surface area contributed by atoms with Crippen LogP contribution in [0.15, 0.2) is 60.8 Å². The van der Waals surface area contributed by atoms with Gasteiger partial charge in [-0.1, -0.05) is 223 Å². The Morgan fingerprint density at radius 2 is 1.04 bits per heavy atom. The Labute approximate surface area is 427 Å². The summed E-state index contributed by atoms with van der Waals surface area (Å²) in [4.78, 5) is 26.4. The molecule has 8 atom stereocenters. The van der Waals surface area contributed by atoms with Crippen molar-refractivity contribution in [2.45, 2.75) is 288 Å². The van der Waals surface area contributed by atoms with Crippen molar-refractivity contribution in [3.05, 3.63) is 60.8 Å². The topological polar surface area (TPSA) is 175 Å². The normalized spacial score (nSPS) is 20.1. The maximum Gasteiger partial charge on any atom is 0.306 e. The first-order valence-electron chi connectivity index (χ1n) is 28.6. The van der Waals surface area contributed by atoms with E-state index in [1.54, 1.807) is 6.08 Å². The summed E-state index contributed by atoms with van der Waals surface area (Å²) >= 11 is 0. The average Bonchev–Trinajstić information content (AvgIpc) is 3.36. The van der Waals surface area contributed by atoms with Crippen molar-refractivity contribution in [3.8, 4) is 0 Å². The second-order valence-electron chi connectivity index (χ2n) is 19.7. The van der Waals surface area contributed by atoms with Gasteiger partial charge >= 0.3 is 5.97 Å². The second-order valence-corrected chi connectivity index (χ2v) is 19.7. The number of nitrogens with one attached hydrogen (secondary N) is 1. The lowest BCUT2D eigenvalue weighted by atomic mass is 9.99. The van der Waals surface area contributed by atoms with E-state index in [4.69, 9.17) is 14.2 Å². The van der Waals surface area contributed by atoms with Gasteiger partial charge in [-0.2, -0.15) is 0 Å². The predicted molar refractivity (Wildman–Crippen MR) is 287 cm³/mol. The molecule has 70 heavy (non-hydrogen) atoms. The van der Waals surface area contributed by atoms with Gasteiger partial charge in [-0.05, 0) is 70.6 Å². The average molecular weight is 988 g/mol. The van der Waals surface area contributed by atoms with Gasteiger partial charge in [0.05, 0.1) is 25.4 Å². The third-order valence-corrected chi connectivity index (χ3v) is 13.2. The summed E-state index contributed by atoms with van der Waals surface area (Å²) in [5, 5.41) is 56.8. The van der Waals surface area contributed by atoms with Crippen LogP contribution in [0.4, 0.5) is 0 Å². The molecule has 11 heteroatoms. The quantitative estimate of drug-likeness (QED) is 0.0149. The van der Waals surface area contributed by atoms with Gasteiger partial charge in [0.1, 0.15) is 24.4 Å². The summed E-state index contributed by atoms with van der Waals surface area (Å²) in [6.45, 7) is 5.62. The van der Waals surface area contributed by atoms with Crippen molar-refractivity contribution in [2.24, 2.45) is 0 Å². The molecule has 0 saturated carbocycles. The molecule has 0 aromatic carbocycles. The van der Waals surface area contributed by atoms with Crippen molar-refractivity contribution >= 4 is 11.9 Å². The molecule has 1 fully saturated rings. The number of hydrogen-bond donors (Lipinski definition) is 6. The number of esters is 1. The highest BCUT2D eigenvalue weighted by molar-refractivity contribution is 5.80. The Balaban J connectivity index is 2.75. The van der Waals surface area contributed by atoms with E-state index in [0.717, 1.165) is 96.3 Å². The molecule has 0 radical (unpaired) electrons. The number of unbranched alkanes of at least 4 members (excludes halogenated alkanes) is 27. The zero-order valence-electron chi connectivity index (χ0n) is 44.6. The molecule has 1 amide bonds. The lowest BCUT2D eigenvalue weighted by Crippen LogP contribution is -2.61.